The SMILES string of the molecule is CCOc1ccc(N)c(S(=O)(=O)CCN2CCCC2)c1. The van der Waals surface area contributed by atoms with Crippen molar-refractivity contribution in [2.24, 2.45) is 0 Å². The molecule has 1 aliphatic rings. The van der Waals surface area contributed by atoms with Crippen LogP contribution in [0.5, 0.6) is 5.75 Å². The molecule has 2 N–H and O–H groups in total. The quantitative estimate of drug-likeness (QED) is 0.806. The van der Waals surface area contributed by atoms with E-state index in [4.69, 9.17) is 10.5 Å². The number of benzene rings is 1. The van der Waals surface area contributed by atoms with Gasteiger partial charge in [-0.1, -0.05) is 0 Å². The van der Waals surface area contributed by atoms with Gasteiger partial charge in [-0.25, -0.2) is 8.42 Å². The summed E-state index contributed by atoms with van der Waals surface area (Å²) in [6, 6.07) is 4.81. The molecule has 0 aliphatic carbocycles. The van der Waals surface area contributed by atoms with Gasteiger partial charge in [-0.05, 0) is 45.0 Å². The lowest BCUT2D eigenvalue weighted by Crippen LogP contribution is -2.26. The monoisotopic (exact) mass is 298 g/mol. The zero-order chi connectivity index (χ0) is 14.6. The third-order valence-electron chi connectivity index (χ3n) is 3.51. The summed E-state index contributed by atoms with van der Waals surface area (Å²) in [6.45, 7) is 4.91. The molecule has 0 aromatic heterocycles. The van der Waals surface area contributed by atoms with Crippen molar-refractivity contribution >= 4 is 15.5 Å². The molecule has 0 bridgehead atoms. The molecule has 2 rings (SSSR count). The number of rotatable bonds is 6. The van der Waals surface area contributed by atoms with Crippen LogP contribution in [0, 0.1) is 0 Å². The summed E-state index contributed by atoms with van der Waals surface area (Å²) in [5, 5.41) is 0. The van der Waals surface area contributed by atoms with Crippen molar-refractivity contribution in [2.45, 2.75) is 24.7 Å². The van der Waals surface area contributed by atoms with Gasteiger partial charge in [0.2, 0.25) is 0 Å². The van der Waals surface area contributed by atoms with E-state index in [9.17, 15) is 8.42 Å². The second-order valence-electron chi connectivity index (χ2n) is 5.00. The van der Waals surface area contributed by atoms with Crippen LogP contribution in [0.3, 0.4) is 0 Å². The van der Waals surface area contributed by atoms with E-state index in [1.807, 2.05) is 6.92 Å². The first-order chi connectivity index (χ1) is 9.53. The van der Waals surface area contributed by atoms with Gasteiger partial charge in [-0.3, -0.25) is 0 Å². The minimum absolute atomic E-state index is 0.104. The van der Waals surface area contributed by atoms with Crippen LogP contribution >= 0.6 is 0 Å². The molecule has 0 atom stereocenters. The Hall–Kier alpha value is -1.27. The molecule has 1 saturated heterocycles. The highest BCUT2D eigenvalue weighted by molar-refractivity contribution is 7.91. The van der Waals surface area contributed by atoms with E-state index in [1.54, 1.807) is 12.1 Å². The van der Waals surface area contributed by atoms with Gasteiger partial charge < -0.3 is 15.4 Å². The average Bonchev–Trinajstić information content (AvgIpc) is 2.92. The van der Waals surface area contributed by atoms with Crippen molar-refractivity contribution in [3.05, 3.63) is 18.2 Å². The molecule has 1 heterocycles. The van der Waals surface area contributed by atoms with Crippen LogP contribution in [-0.4, -0.2) is 45.3 Å². The second-order valence-corrected chi connectivity index (χ2v) is 7.08. The maximum absolute atomic E-state index is 12.4. The highest BCUT2D eigenvalue weighted by Gasteiger charge is 2.21. The Kier molecular flexibility index (Phi) is 4.88. The van der Waals surface area contributed by atoms with Gasteiger partial charge >= 0.3 is 0 Å². The molecule has 0 spiro atoms. The Labute approximate surface area is 120 Å². The zero-order valence-corrected chi connectivity index (χ0v) is 12.7. The summed E-state index contributed by atoms with van der Waals surface area (Å²) in [5.41, 5.74) is 6.09. The minimum atomic E-state index is -3.37. The largest absolute Gasteiger partial charge is 0.494 e. The van der Waals surface area contributed by atoms with Crippen molar-refractivity contribution in [1.29, 1.82) is 0 Å². The summed E-state index contributed by atoms with van der Waals surface area (Å²) in [5.74, 6) is 0.647. The van der Waals surface area contributed by atoms with E-state index in [1.165, 1.54) is 6.07 Å². The van der Waals surface area contributed by atoms with Crippen LogP contribution in [0.1, 0.15) is 19.8 Å². The number of nitrogens with two attached hydrogens (primary N) is 1. The molecule has 5 nitrogen and oxygen atoms in total. The summed E-state index contributed by atoms with van der Waals surface area (Å²) < 4.78 is 30.2. The topological polar surface area (TPSA) is 72.6 Å². The highest BCUT2D eigenvalue weighted by atomic mass is 32.2. The molecule has 20 heavy (non-hydrogen) atoms. The number of ether oxygens (including phenoxy) is 1. The number of nitrogen functional groups attached to an aromatic ring is 1. The lowest BCUT2D eigenvalue weighted by molar-refractivity contribution is 0.339. The summed E-state index contributed by atoms with van der Waals surface area (Å²) in [6.07, 6.45) is 2.31. The Balaban J connectivity index is 2.12. The van der Waals surface area contributed by atoms with Gasteiger partial charge in [0.25, 0.3) is 0 Å². The van der Waals surface area contributed by atoms with E-state index in [-0.39, 0.29) is 16.3 Å². The molecule has 0 unspecified atom stereocenters. The fourth-order valence-corrected chi connectivity index (χ4v) is 3.85. The summed E-state index contributed by atoms with van der Waals surface area (Å²) >= 11 is 0. The average molecular weight is 298 g/mol. The van der Waals surface area contributed by atoms with Crippen molar-refractivity contribution < 1.29 is 13.2 Å². The van der Waals surface area contributed by atoms with E-state index < -0.39 is 9.84 Å². The van der Waals surface area contributed by atoms with Gasteiger partial charge in [0.15, 0.2) is 9.84 Å². The molecule has 0 radical (unpaired) electrons. The third-order valence-corrected chi connectivity index (χ3v) is 5.25. The lowest BCUT2D eigenvalue weighted by atomic mass is 10.3. The van der Waals surface area contributed by atoms with Crippen molar-refractivity contribution in [1.82, 2.24) is 4.90 Å². The van der Waals surface area contributed by atoms with Crippen LogP contribution < -0.4 is 10.5 Å². The number of likely N-dealkylation sites (tertiary alicyclic amines) is 1. The van der Waals surface area contributed by atoms with Gasteiger partial charge in [0.1, 0.15) is 5.75 Å². The molecule has 1 fully saturated rings. The van der Waals surface area contributed by atoms with Crippen LogP contribution in [0.4, 0.5) is 5.69 Å². The first-order valence-corrected chi connectivity index (χ1v) is 8.65. The Morgan fingerprint density at radius 3 is 2.65 bits per heavy atom. The molecule has 0 saturated carbocycles. The normalized spacial score (nSPS) is 16.4. The standard InChI is InChI=1S/C14H22N2O3S/c1-2-19-12-5-6-13(15)14(11-12)20(17,18)10-9-16-7-3-4-8-16/h5-6,11H,2-4,7-10,15H2,1H3. The van der Waals surface area contributed by atoms with E-state index >= 15 is 0 Å². The maximum atomic E-state index is 12.4. The van der Waals surface area contributed by atoms with Crippen LogP contribution in [-0.2, 0) is 9.84 Å². The molecule has 1 aliphatic heterocycles. The fraction of sp³-hybridized carbons (Fsp3) is 0.571. The van der Waals surface area contributed by atoms with E-state index in [0.717, 1.165) is 25.9 Å². The zero-order valence-electron chi connectivity index (χ0n) is 11.8. The van der Waals surface area contributed by atoms with Gasteiger partial charge in [0.05, 0.1) is 22.9 Å². The van der Waals surface area contributed by atoms with Gasteiger partial charge in [0, 0.05) is 12.6 Å². The second kappa shape index (κ2) is 6.45. The molecule has 0 amide bonds. The van der Waals surface area contributed by atoms with E-state index in [2.05, 4.69) is 4.90 Å². The van der Waals surface area contributed by atoms with Crippen molar-refractivity contribution in [3.8, 4) is 5.75 Å². The first-order valence-electron chi connectivity index (χ1n) is 7.00. The Morgan fingerprint density at radius 2 is 2.00 bits per heavy atom. The number of nitrogens with zero attached hydrogens (tertiary/aromatic N) is 1. The van der Waals surface area contributed by atoms with Crippen molar-refractivity contribution in [2.75, 3.05) is 37.7 Å². The van der Waals surface area contributed by atoms with Gasteiger partial charge in [-0.2, -0.15) is 0 Å². The fourth-order valence-electron chi connectivity index (χ4n) is 2.41. The van der Waals surface area contributed by atoms with Crippen LogP contribution in [0.25, 0.3) is 0 Å². The van der Waals surface area contributed by atoms with Gasteiger partial charge in [-0.15, -0.1) is 0 Å². The lowest BCUT2D eigenvalue weighted by Gasteiger charge is -2.15. The summed E-state index contributed by atoms with van der Waals surface area (Å²) in [7, 11) is -3.37. The predicted octanol–water partition coefficient (Wildman–Crippen LogP) is 1.54. The molecule has 6 heteroatoms. The highest BCUT2D eigenvalue weighted by Crippen LogP contribution is 2.25. The minimum Gasteiger partial charge on any atom is -0.494 e. The number of hydrogen-bond donors (Lipinski definition) is 1. The Bertz CT molecular complexity index is 552. The van der Waals surface area contributed by atoms with Crippen LogP contribution in [0.2, 0.25) is 0 Å². The number of sulfone groups is 1. The molecule has 112 valence electrons. The Morgan fingerprint density at radius 1 is 1.30 bits per heavy atom. The smallest absolute Gasteiger partial charge is 0.181 e. The molecular weight excluding hydrogens is 276 g/mol. The van der Waals surface area contributed by atoms with E-state index in [0.29, 0.717) is 18.9 Å². The maximum Gasteiger partial charge on any atom is 0.181 e. The molecule has 1 aromatic rings. The van der Waals surface area contributed by atoms with Crippen molar-refractivity contribution in [3.63, 3.8) is 0 Å². The first kappa shape index (κ1) is 15.1. The molecule has 1 aromatic carbocycles. The molecular formula is C14H22N2O3S. The number of anilines is 1. The summed E-state index contributed by atoms with van der Waals surface area (Å²) in [4.78, 5) is 2.36. The third kappa shape index (κ3) is 3.64. The van der Waals surface area contributed by atoms with Crippen LogP contribution in [0.15, 0.2) is 23.1 Å². The predicted molar refractivity (Wildman–Crippen MR) is 79.8 cm³/mol. The number of hydrogen-bond acceptors (Lipinski definition) is 5.